The van der Waals surface area contributed by atoms with Crippen molar-refractivity contribution in [3.05, 3.63) is 89.5 Å². The summed E-state index contributed by atoms with van der Waals surface area (Å²) in [5.41, 5.74) is 0.0500. The smallest absolute Gasteiger partial charge is 0.416 e. The molecule has 3 aromatic rings. The molecule has 1 aliphatic rings. The minimum Gasteiger partial charge on any atom is -0.497 e. The Morgan fingerprint density at radius 1 is 0.978 bits per heavy atom. The number of aryl methyl sites for hydroxylation is 1. The van der Waals surface area contributed by atoms with Gasteiger partial charge >= 0.3 is 6.18 Å². The summed E-state index contributed by atoms with van der Waals surface area (Å²) in [5.74, 6) is -0.513. The van der Waals surface area contributed by atoms with Crippen LogP contribution in [-0.2, 0) is 32.3 Å². The molecular formula is C34H40F3N3O5S. The number of rotatable bonds is 12. The first kappa shape index (κ1) is 34.8. The highest BCUT2D eigenvalue weighted by atomic mass is 32.2. The average Bonchev–Trinajstić information content (AvgIpc) is 3.04. The van der Waals surface area contributed by atoms with E-state index in [0.29, 0.717) is 21.7 Å². The van der Waals surface area contributed by atoms with Gasteiger partial charge in [-0.05, 0) is 74.2 Å². The lowest BCUT2D eigenvalue weighted by molar-refractivity contribution is -0.140. The molecule has 0 spiro atoms. The maximum atomic E-state index is 14.3. The molecule has 0 bridgehead atoms. The number of amides is 2. The first-order chi connectivity index (χ1) is 21.8. The molecule has 1 aliphatic carbocycles. The molecule has 3 aromatic carbocycles. The number of alkyl halides is 3. The normalized spacial score (nSPS) is 14.7. The Labute approximate surface area is 268 Å². The third kappa shape index (κ3) is 8.60. The summed E-state index contributed by atoms with van der Waals surface area (Å²) >= 11 is 0. The molecular weight excluding hydrogens is 619 g/mol. The fourth-order valence-electron chi connectivity index (χ4n) is 5.60. The second-order valence-electron chi connectivity index (χ2n) is 11.5. The molecule has 248 valence electrons. The van der Waals surface area contributed by atoms with Crippen molar-refractivity contribution < 1.29 is 35.9 Å². The number of hydrogen-bond donors (Lipinski definition) is 1. The molecule has 4 rings (SSSR count). The molecule has 0 unspecified atom stereocenters. The number of benzene rings is 3. The number of nitrogens with zero attached hydrogens (tertiary/aromatic N) is 2. The average molecular weight is 660 g/mol. The number of hydrogen-bond acceptors (Lipinski definition) is 5. The van der Waals surface area contributed by atoms with Crippen molar-refractivity contribution in [2.24, 2.45) is 0 Å². The van der Waals surface area contributed by atoms with Crippen LogP contribution in [-0.4, -0.2) is 50.9 Å². The topological polar surface area (TPSA) is 96.0 Å². The summed E-state index contributed by atoms with van der Waals surface area (Å²) in [6.45, 7) is 2.65. The van der Waals surface area contributed by atoms with Crippen LogP contribution in [0.5, 0.6) is 5.75 Å². The van der Waals surface area contributed by atoms with Crippen LogP contribution in [0.3, 0.4) is 0 Å². The summed E-state index contributed by atoms with van der Waals surface area (Å²) in [5, 5.41) is 3.07. The van der Waals surface area contributed by atoms with Crippen LogP contribution in [0, 0.1) is 6.92 Å². The van der Waals surface area contributed by atoms with Crippen LogP contribution in [0.2, 0.25) is 0 Å². The zero-order valence-corrected chi connectivity index (χ0v) is 27.0. The van der Waals surface area contributed by atoms with Crippen LogP contribution >= 0.6 is 0 Å². The first-order valence-electron chi connectivity index (χ1n) is 15.3. The number of methoxy groups -OCH3 is 1. The number of nitrogens with one attached hydrogen (secondary N) is 1. The molecule has 0 saturated heterocycles. The van der Waals surface area contributed by atoms with Gasteiger partial charge in [-0.25, -0.2) is 8.42 Å². The van der Waals surface area contributed by atoms with Gasteiger partial charge in [0.15, 0.2) is 0 Å². The van der Waals surface area contributed by atoms with Crippen molar-refractivity contribution in [2.45, 2.75) is 82.1 Å². The first-order valence-corrected chi connectivity index (χ1v) is 16.8. The minimum atomic E-state index is -4.75. The van der Waals surface area contributed by atoms with E-state index >= 15 is 0 Å². The Hall–Kier alpha value is -4.06. The summed E-state index contributed by atoms with van der Waals surface area (Å²) in [6.07, 6.45) is 0.197. The molecule has 46 heavy (non-hydrogen) atoms. The quantitative estimate of drug-likeness (QED) is 0.240. The number of halogens is 3. The lowest BCUT2D eigenvalue weighted by atomic mass is 9.95. The molecule has 1 saturated carbocycles. The van der Waals surface area contributed by atoms with E-state index in [0.717, 1.165) is 49.8 Å². The second-order valence-corrected chi connectivity index (χ2v) is 13.4. The largest absolute Gasteiger partial charge is 0.497 e. The molecule has 1 N–H and O–H groups in total. The van der Waals surface area contributed by atoms with E-state index in [2.05, 4.69) is 5.32 Å². The molecule has 1 atom stereocenters. The maximum absolute atomic E-state index is 14.3. The van der Waals surface area contributed by atoms with E-state index in [4.69, 9.17) is 4.74 Å². The molecule has 1 fully saturated rings. The van der Waals surface area contributed by atoms with E-state index in [1.54, 1.807) is 50.2 Å². The van der Waals surface area contributed by atoms with Gasteiger partial charge in [0.1, 0.15) is 18.3 Å². The van der Waals surface area contributed by atoms with E-state index in [-0.39, 0.29) is 35.5 Å². The third-order valence-electron chi connectivity index (χ3n) is 8.20. The van der Waals surface area contributed by atoms with E-state index < -0.39 is 40.3 Å². The molecule has 0 aliphatic heterocycles. The Morgan fingerprint density at radius 2 is 1.63 bits per heavy atom. The van der Waals surface area contributed by atoms with Crippen molar-refractivity contribution in [3.63, 3.8) is 0 Å². The highest BCUT2D eigenvalue weighted by molar-refractivity contribution is 7.92. The van der Waals surface area contributed by atoms with Crippen molar-refractivity contribution in [1.82, 2.24) is 10.2 Å². The fourth-order valence-corrected chi connectivity index (χ4v) is 7.00. The molecule has 2 amide bonds. The Balaban J connectivity index is 1.75. The van der Waals surface area contributed by atoms with E-state index in [1.165, 1.54) is 30.2 Å². The van der Waals surface area contributed by atoms with Gasteiger partial charge in [0.05, 0.1) is 23.3 Å². The number of carbonyl (C=O) groups excluding carboxylic acids is 2. The number of ether oxygens (including phenoxy) is 1. The summed E-state index contributed by atoms with van der Waals surface area (Å²) in [6, 6.07) is 15.6. The van der Waals surface area contributed by atoms with Gasteiger partial charge in [0.2, 0.25) is 11.8 Å². The van der Waals surface area contributed by atoms with Crippen molar-refractivity contribution in [2.75, 3.05) is 18.0 Å². The molecule has 8 nitrogen and oxygen atoms in total. The third-order valence-corrected chi connectivity index (χ3v) is 9.99. The zero-order valence-electron chi connectivity index (χ0n) is 26.2. The lowest BCUT2D eigenvalue weighted by Gasteiger charge is -2.34. The summed E-state index contributed by atoms with van der Waals surface area (Å²) in [7, 11) is -3.00. The van der Waals surface area contributed by atoms with Crippen LogP contribution in [0.15, 0.2) is 77.7 Å². The van der Waals surface area contributed by atoms with Crippen molar-refractivity contribution in [3.8, 4) is 5.75 Å². The minimum absolute atomic E-state index is 0.0308. The lowest BCUT2D eigenvalue weighted by Crippen LogP contribution is -2.54. The summed E-state index contributed by atoms with van der Waals surface area (Å²) in [4.78, 5) is 29.0. The molecule has 0 radical (unpaired) electrons. The fraction of sp³-hybridized carbons (Fsp3) is 0.412. The van der Waals surface area contributed by atoms with Gasteiger partial charge in [-0.15, -0.1) is 0 Å². The molecule has 0 aromatic heterocycles. The van der Waals surface area contributed by atoms with Gasteiger partial charge in [-0.1, -0.05) is 62.1 Å². The monoisotopic (exact) mass is 659 g/mol. The van der Waals surface area contributed by atoms with Gasteiger partial charge < -0.3 is 15.0 Å². The van der Waals surface area contributed by atoms with E-state index in [1.807, 2.05) is 0 Å². The second kappa shape index (κ2) is 15.0. The van der Waals surface area contributed by atoms with Gasteiger partial charge in [0.25, 0.3) is 10.0 Å². The van der Waals surface area contributed by atoms with Gasteiger partial charge in [-0.2, -0.15) is 13.2 Å². The highest BCUT2D eigenvalue weighted by Gasteiger charge is 2.36. The number of carbonyl (C=O) groups is 2. The van der Waals surface area contributed by atoms with Crippen molar-refractivity contribution >= 4 is 27.5 Å². The number of sulfonamides is 1. The van der Waals surface area contributed by atoms with Crippen LogP contribution in [0.4, 0.5) is 18.9 Å². The van der Waals surface area contributed by atoms with Gasteiger partial charge in [-0.3, -0.25) is 13.9 Å². The van der Waals surface area contributed by atoms with Gasteiger partial charge in [0, 0.05) is 12.6 Å². The van der Waals surface area contributed by atoms with Crippen LogP contribution in [0.25, 0.3) is 0 Å². The Morgan fingerprint density at radius 3 is 2.22 bits per heavy atom. The van der Waals surface area contributed by atoms with Crippen LogP contribution < -0.4 is 14.4 Å². The predicted molar refractivity (Wildman–Crippen MR) is 170 cm³/mol. The number of anilines is 1. The zero-order chi connectivity index (χ0) is 33.5. The van der Waals surface area contributed by atoms with Crippen LogP contribution in [0.1, 0.15) is 62.1 Å². The standard InChI is InChI=1S/C34H40F3N3O5S/c1-4-31(33(42)38-27-10-6-5-7-11-27)39(22-25-15-17-29(45-3)18-16-25)32(41)23-40(28-12-8-9-26(21-28)34(35,36)37)46(43,44)30-19-13-24(2)14-20-30/h8-9,12-21,27,31H,4-7,10-11,22-23H2,1-3H3,(H,38,42)/t31-/m1/s1. The molecule has 12 heteroatoms. The molecule has 0 heterocycles. The summed E-state index contributed by atoms with van der Waals surface area (Å²) < 4.78 is 75.1. The van der Waals surface area contributed by atoms with Crippen molar-refractivity contribution in [1.29, 1.82) is 0 Å². The highest BCUT2D eigenvalue weighted by Crippen LogP contribution is 2.33. The Kier molecular flexibility index (Phi) is 11.4. The Bertz CT molecular complexity index is 1590. The predicted octanol–water partition coefficient (Wildman–Crippen LogP) is 6.47. The maximum Gasteiger partial charge on any atom is 0.416 e. The van der Waals surface area contributed by atoms with E-state index in [9.17, 15) is 31.2 Å². The SMILES string of the molecule is CC[C@H](C(=O)NC1CCCCC1)N(Cc1ccc(OC)cc1)C(=O)CN(c1cccc(C(F)(F)F)c1)S(=O)(=O)c1ccc(C)cc1.